The number of hydrogen-bond acceptors (Lipinski definition) is 2. The molecule has 13 heavy (non-hydrogen) atoms. The molecule has 0 bridgehead atoms. The fourth-order valence-corrected chi connectivity index (χ4v) is 2.30. The van der Waals surface area contributed by atoms with Crippen LogP contribution in [-0.4, -0.2) is 14.8 Å². The molecule has 2 aliphatic rings. The van der Waals surface area contributed by atoms with E-state index in [0.717, 1.165) is 18.9 Å². The van der Waals surface area contributed by atoms with E-state index in [9.17, 15) is 0 Å². The fourth-order valence-electron chi connectivity index (χ4n) is 2.30. The predicted octanol–water partition coefficient (Wildman–Crippen LogP) is 1.88. The van der Waals surface area contributed by atoms with Crippen LogP contribution in [0.2, 0.25) is 0 Å². The monoisotopic (exact) mass is 177 g/mol. The van der Waals surface area contributed by atoms with Crippen LogP contribution >= 0.6 is 0 Å². The van der Waals surface area contributed by atoms with Crippen LogP contribution < -0.4 is 0 Å². The first-order chi connectivity index (χ1) is 6.45. The van der Waals surface area contributed by atoms with E-state index in [2.05, 4.69) is 14.8 Å². The lowest BCUT2D eigenvalue weighted by atomic mass is 9.84. The van der Waals surface area contributed by atoms with E-state index in [-0.39, 0.29) is 0 Å². The minimum atomic E-state index is 0.736. The van der Waals surface area contributed by atoms with Crippen LogP contribution in [0, 0.1) is 0 Å². The van der Waals surface area contributed by atoms with E-state index >= 15 is 0 Å². The summed E-state index contributed by atoms with van der Waals surface area (Å²) in [5.74, 6) is 3.24. The quantitative estimate of drug-likeness (QED) is 0.655. The topological polar surface area (TPSA) is 30.7 Å². The molecular formula is C10H15N3. The second-order valence-corrected chi connectivity index (χ2v) is 4.21. The largest absolute Gasteiger partial charge is 0.315 e. The molecule has 1 aromatic heterocycles. The van der Waals surface area contributed by atoms with E-state index in [4.69, 9.17) is 0 Å². The number of nitrogens with zero attached hydrogens (tertiary/aromatic N) is 3. The number of aryl methyl sites for hydroxylation is 1. The maximum Gasteiger partial charge on any atom is 0.136 e. The van der Waals surface area contributed by atoms with Crippen molar-refractivity contribution in [2.75, 3.05) is 0 Å². The van der Waals surface area contributed by atoms with Crippen molar-refractivity contribution in [2.24, 2.45) is 0 Å². The first kappa shape index (κ1) is 7.54. The van der Waals surface area contributed by atoms with Gasteiger partial charge in [0.25, 0.3) is 0 Å². The Bertz CT molecular complexity index is 312. The molecule has 3 rings (SSSR count). The number of aromatic nitrogens is 3. The lowest BCUT2D eigenvalue weighted by Crippen LogP contribution is -2.19. The summed E-state index contributed by atoms with van der Waals surface area (Å²) >= 11 is 0. The van der Waals surface area contributed by atoms with Gasteiger partial charge in [0.2, 0.25) is 0 Å². The Morgan fingerprint density at radius 3 is 2.77 bits per heavy atom. The van der Waals surface area contributed by atoms with Gasteiger partial charge < -0.3 is 4.57 Å². The summed E-state index contributed by atoms with van der Waals surface area (Å²) in [5, 5.41) is 8.61. The summed E-state index contributed by atoms with van der Waals surface area (Å²) in [7, 11) is 0. The highest BCUT2D eigenvalue weighted by atomic mass is 15.3. The Morgan fingerprint density at radius 2 is 2.00 bits per heavy atom. The Labute approximate surface area is 78.2 Å². The van der Waals surface area contributed by atoms with E-state index in [1.54, 1.807) is 0 Å². The number of rotatable bonds is 1. The lowest BCUT2D eigenvalue weighted by molar-refractivity contribution is 0.376. The van der Waals surface area contributed by atoms with Crippen molar-refractivity contribution in [1.29, 1.82) is 0 Å². The van der Waals surface area contributed by atoms with Crippen molar-refractivity contribution in [3.8, 4) is 0 Å². The van der Waals surface area contributed by atoms with Crippen LogP contribution in [-0.2, 0) is 13.0 Å². The van der Waals surface area contributed by atoms with Gasteiger partial charge in [0, 0.05) is 18.9 Å². The molecule has 3 heteroatoms. The molecule has 0 saturated heterocycles. The van der Waals surface area contributed by atoms with E-state index in [1.165, 1.54) is 43.8 Å². The summed E-state index contributed by atoms with van der Waals surface area (Å²) in [6.07, 6.45) is 7.79. The zero-order valence-electron chi connectivity index (χ0n) is 7.87. The lowest BCUT2D eigenvalue weighted by Gasteiger charge is -2.26. The van der Waals surface area contributed by atoms with Crippen LogP contribution in [0.25, 0.3) is 0 Å². The molecule has 0 spiro atoms. The maximum atomic E-state index is 4.33. The van der Waals surface area contributed by atoms with Gasteiger partial charge in [-0.25, -0.2) is 0 Å². The van der Waals surface area contributed by atoms with Gasteiger partial charge in [-0.15, -0.1) is 10.2 Å². The highest BCUT2D eigenvalue weighted by Crippen LogP contribution is 2.36. The summed E-state index contributed by atoms with van der Waals surface area (Å²) in [6, 6.07) is 0. The van der Waals surface area contributed by atoms with Gasteiger partial charge in [-0.3, -0.25) is 0 Å². The molecule has 0 unspecified atom stereocenters. The van der Waals surface area contributed by atoms with E-state index in [1.807, 2.05) is 0 Å². The summed E-state index contributed by atoms with van der Waals surface area (Å²) in [5.41, 5.74) is 0. The van der Waals surface area contributed by atoms with Gasteiger partial charge in [-0.05, 0) is 25.7 Å². The average Bonchev–Trinajstić information content (AvgIpc) is 2.47. The molecule has 2 heterocycles. The van der Waals surface area contributed by atoms with Crippen molar-refractivity contribution in [2.45, 2.75) is 51.0 Å². The molecule has 0 aromatic carbocycles. The molecule has 1 aliphatic heterocycles. The molecule has 0 amide bonds. The molecule has 70 valence electrons. The molecular weight excluding hydrogens is 162 g/mol. The number of hydrogen-bond donors (Lipinski definition) is 0. The third-order valence-electron chi connectivity index (χ3n) is 3.36. The predicted molar refractivity (Wildman–Crippen MR) is 49.6 cm³/mol. The zero-order valence-corrected chi connectivity index (χ0v) is 7.87. The molecule has 0 radical (unpaired) electrons. The summed E-state index contributed by atoms with van der Waals surface area (Å²) in [6.45, 7) is 1.16. The average molecular weight is 177 g/mol. The molecule has 1 fully saturated rings. The molecule has 1 aliphatic carbocycles. The highest BCUT2D eigenvalue weighted by Gasteiger charge is 2.27. The Balaban J connectivity index is 1.95. The van der Waals surface area contributed by atoms with E-state index < -0.39 is 0 Å². The molecule has 0 N–H and O–H groups in total. The molecule has 1 aromatic rings. The first-order valence-electron chi connectivity index (χ1n) is 5.37. The van der Waals surface area contributed by atoms with Crippen LogP contribution in [0.5, 0.6) is 0 Å². The highest BCUT2D eigenvalue weighted by molar-refractivity contribution is 5.06. The Kier molecular flexibility index (Phi) is 1.64. The van der Waals surface area contributed by atoms with Crippen LogP contribution in [0.1, 0.15) is 49.7 Å². The van der Waals surface area contributed by atoms with Crippen molar-refractivity contribution in [3.05, 3.63) is 11.6 Å². The number of fused-ring (bicyclic) bond motifs is 1. The van der Waals surface area contributed by atoms with Crippen molar-refractivity contribution < 1.29 is 0 Å². The van der Waals surface area contributed by atoms with Crippen molar-refractivity contribution in [1.82, 2.24) is 14.8 Å². The fraction of sp³-hybridized carbons (Fsp3) is 0.800. The Morgan fingerprint density at radius 1 is 1.08 bits per heavy atom. The standard InChI is InChI=1S/C10H15N3/c1-2-7-13-9(6-1)11-12-10(13)8-4-3-5-8/h8H,1-7H2. The van der Waals surface area contributed by atoms with Crippen LogP contribution in [0.15, 0.2) is 0 Å². The third-order valence-corrected chi connectivity index (χ3v) is 3.36. The van der Waals surface area contributed by atoms with Gasteiger partial charge in [0.1, 0.15) is 11.6 Å². The SMILES string of the molecule is C1CCn2c(nnc2C2CCC2)C1. The van der Waals surface area contributed by atoms with Gasteiger partial charge in [-0.1, -0.05) is 6.42 Å². The van der Waals surface area contributed by atoms with Gasteiger partial charge in [0.15, 0.2) is 0 Å². The molecule has 0 atom stereocenters. The van der Waals surface area contributed by atoms with Gasteiger partial charge in [-0.2, -0.15) is 0 Å². The first-order valence-corrected chi connectivity index (χ1v) is 5.37. The van der Waals surface area contributed by atoms with Crippen LogP contribution in [0.4, 0.5) is 0 Å². The molecule has 3 nitrogen and oxygen atoms in total. The van der Waals surface area contributed by atoms with Gasteiger partial charge >= 0.3 is 0 Å². The maximum absolute atomic E-state index is 4.33. The summed E-state index contributed by atoms with van der Waals surface area (Å²) in [4.78, 5) is 0. The normalized spacial score (nSPS) is 22.5. The van der Waals surface area contributed by atoms with Gasteiger partial charge in [0.05, 0.1) is 0 Å². The third kappa shape index (κ3) is 1.10. The minimum Gasteiger partial charge on any atom is -0.315 e. The summed E-state index contributed by atoms with van der Waals surface area (Å²) < 4.78 is 2.37. The molecule has 1 saturated carbocycles. The minimum absolute atomic E-state index is 0.736. The smallest absolute Gasteiger partial charge is 0.136 e. The van der Waals surface area contributed by atoms with E-state index in [0.29, 0.717) is 0 Å². The van der Waals surface area contributed by atoms with Crippen LogP contribution in [0.3, 0.4) is 0 Å². The zero-order chi connectivity index (χ0) is 8.67. The Hall–Kier alpha value is -0.860. The second kappa shape index (κ2) is 2.82. The van der Waals surface area contributed by atoms with Crippen molar-refractivity contribution >= 4 is 0 Å². The second-order valence-electron chi connectivity index (χ2n) is 4.21. The van der Waals surface area contributed by atoms with Crippen molar-refractivity contribution in [3.63, 3.8) is 0 Å².